The molecule has 1 aliphatic heterocycles. The summed E-state index contributed by atoms with van der Waals surface area (Å²) in [5.74, 6) is 0.170. The first-order valence-corrected chi connectivity index (χ1v) is 5.58. The van der Waals surface area contributed by atoms with Gasteiger partial charge < -0.3 is 5.11 Å². The van der Waals surface area contributed by atoms with Crippen LogP contribution in [0.3, 0.4) is 0 Å². The van der Waals surface area contributed by atoms with E-state index in [4.69, 9.17) is 0 Å². The van der Waals surface area contributed by atoms with Crippen LogP contribution in [0.5, 0.6) is 0 Å². The highest BCUT2D eigenvalue weighted by atomic mass is 32.2. The van der Waals surface area contributed by atoms with Crippen LogP contribution in [0.4, 0.5) is 0 Å². The summed E-state index contributed by atoms with van der Waals surface area (Å²) in [6, 6.07) is 0. The maximum atomic E-state index is 11.8. The molecule has 1 N–H and O–H groups in total. The Hall–Kier alpha value is -1.50. The summed E-state index contributed by atoms with van der Waals surface area (Å²) >= 11 is 1.26. The Morgan fingerprint density at radius 2 is 2.25 bits per heavy atom. The van der Waals surface area contributed by atoms with E-state index in [2.05, 4.69) is 0 Å². The fourth-order valence-corrected chi connectivity index (χ4v) is 2.16. The summed E-state index contributed by atoms with van der Waals surface area (Å²) in [5, 5.41) is 19.9. The van der Waals surface area contributed by atoms with Crippen molar-refractivity contribution < 1.29 is 14.8 Å². The Labute approximate surface area is 96.8 Å². The van der Waals surface area contributed by atoms with E-state index in [0.29, 0.717) is 17.3 Å². The van der Waals surface area contributed by atoms with Crippen molar-refractivity contribution in [3.05, 3.63) is 32.7 Å². The number of amides is 1. The van der Waals surface area contributed by atoms with E-state index in [9.17, 15) is 20.0 Å². The molecule has 1 aliphatic rings. The summed E-state index contributed by atoms with van der Waals surface area (Å²) in [4.78, 5) is 22.9. The third-order valence-electron chi connectivity index (χ3n) is 2.16. The van der Waals surface area contributed by atoms with Crippen molar-refractivity contribution in [2.24, 2.45) is 0 Å². The van der Waals surface area contributed by atoms with E-state index in [1.54, 1.807) is 0 Å². The van der Waals surface area contributed by atoms with E-state index < -0.39 is 10.8 Å². The molecule has 7 heteroatoms. The maximum absolute atomic E-state index is 11.8. The molecule has 1 amide bonds. The third kappa shape index (κ3) is 2.75. The number of allylic oxidation sites excluding steroid dienone is 1. The van der Waals surface area contributed by atoms with Crippen LogP contribution in [0.1, 0.15) is 13.8 Å². The number of nitro groups is 1. The summed E-state index contributed by atoms with van der Waals surface area (Å²) in [5.41, 5.74) is 0.205. The average Bonchev–Trinajstić information content (AvgIpc) is 2.62. The summed E-state index contributed by atoms with van der Waals surface area (Å²) < 4.78 is 0. The molecular weight excluding hydrogens is 232 g/mol. The lowest BCUT2D eigenvalue weighted by Gasteiger charge is -2.15. The number of carbonyl (C=O) groups is 1. The quantitative estimate of drug-likeness (QED) is 0.344. The van der Waals surface area contributed by atoms with Crippen LogP contribution in [0.25, 0.3) is 0 Å². The molecule has 0 bridgehead atoms. The molecule has 6 nitrogen and oxygen atoms in total. The Bertz CT molecular complexity index is 385. The molecule has 1 heterocycles. The van der Waals surface area contributed by atoms with Crippen molar-refractivity contribution in [1.29, 1.82) is 0 Å². The van der Waals surface area contributed by atoms with Gasteiger partial charge in [0, 0.05) is 12.3 Å². The molecule has 16 heavy (non-hydrogen) atoms. The van der Waals surface area contributed by atoms with Crippen LogP contribution in [0.2, 0.25) is 0 Å². The van der Waals surface area contributed by atoms with Gasteiger partial charge in [0.05, 0.1) is 16.3 Å². The van der Waals surface area contributed by atoms with Crippen LogP contribution >= 0.6 is 11.8 Å². The van der Waals surface area contributed by atoms with Gasteiger partial charge in [0.1, 0.15) is 5.03 Å². The van der Waals surface area contributed by atoms with Gasteiger partial charge in [-0.15, -0.1) is 11.8 Å². The number of rotatable bonds is 2. The van der Waals surface area contributed by atoms with Crippen LogP contribution < -0.4 is 0 Å². The van der Waals surface area contributed by atoms with Crippen LogP contribution in [-0.2, 0) is 4.79 Å². The Kier molecular flexibility index (Phi) is 3.94. The number of thioether (sulfide) groups is 1. The predicted octanol–water partition coefficient (Wildman–Crippen LogP) is 1.49. The molecule has 88 valence electrons. The smallest absolute Gasteiger partial charge is 0.264 e. The monoisotopic (exact) mass is 244 g/mol. The zero-order valence-corrected chi connectivity index (χ0v) is 9.78. The number of hydrogen-bond acceptors (Lipinski definition) is 5. The first-order chi connectivity index (χ1) is 7.43. The van der Waals surface area contributed by atoms with Gasteiger partial charge in [-0.05, 0) is 13.8 Å². The fourth-order valence-electron chi connectivity index (χ4n) is 1.19. The van der Waals surface area contributed by atoms with E-state index >= 15 is 0 Å². The van der Waals surface area contributed by atoms with Crippen molar-refractivity contribution in [2.75, 3.05) is 12.3 Å². The Morgan fingerprint density at radius 3 is 2.75 bits per heavy atom. The molecule has 1 rings (SSSR count). The molecule has 0 radical (unpaired) electrons. The largest absolute Gasteiger partial charge is 0.512 e. The predicted molar refractivity (Wildman–Crippen MR) is 60.3 cm³/mol. The minimum absolute atomic E-state index is 0.0673. The highest BCUT2D eigenvalue weighted by molar-refractivity contribution is 8.03. The van der Waals surface area contributed by atoms with Crippen LogP contribution in [-0.4, -0.2) is 33.1 Å². The average molecular weight is 244 g/mol. The molecule has 1 fully saturated rings. The fraction of sp³-hybridized carbons (Fsp3) is 0.444. The topological polar surface area (TPSA) is 83.7 Å². The standard InChI is InChI=1S/C9H12N2O4S/c1-6(7(2)12)9(13)10-3-4-16-8(10)5-11(14)15/h5,12H,3-4H2,1-2H3/b7-6+,8-5-. The molecule has 0 aromatic carbocycles. The minimum Gasteiger partial charge on any atom is -0.512 e. The van der Waals surface area contributed by atoms with E-state index in [1.807, 2.05) is 0 Å². The second-order valence-electron chi connectivity index (χ2n) is 3.27. The number of aliphatic hydroxyl groups excluding tert-OH is 1. The van der Waals surface area contributed by atoms with Gasteiger partial charge in [0.15, 0.2) is 0 Å². The number of hydrogen-bond donors (Lipinski definition) is 1. The molecule has 0 aliphatic carbocycles. The van der Waals surface area contributed by atoms with Crippen LogP contribution in [0.15, 0.2) is 22.6 Å². The summed E-state index contributed by atoms with van der Waals surface area (Å²) in [7, 11) is 0. The highest BCUT2D eigenvalue weighted by Gasteiger charge is 2.28. The number of aliphatic hydroxyl groups is 1. The molecule has 0 aromatic heterocycles. The first-order valence-electron chi connectivity index (χ1n) is 4.60. The maximum Gasteiger partial charge on any atom is 0.264 e. The third-order valence-corrected chi connectivity index (χ3v) is 3.16. The zero-order chi connectivity index (χ0) is 12.3. The molecular formula is C9H12N2O4S. The van der Waals surface area contributed by atoms with E-state index in [0.717, 1.165) is 6.20 Å². The second kappa shape index (κ2) is 5.02. The summed E-state index contributed by atoms with van der Waals surface area (Å²) in [6.07, 6.45) is 0.815. The van der Waals surface area contributed by atoms with Crippen molar-refractivity contribution >= 4 is 17.7 Å². The molecule has 0 spiro atoms. The SMILES string of the molecule is C/C(O)=C(/C)C(=O)N1CCS/C1=C\[N+](=O)[O-]. The van der Waals surface area contributed by atoms with Crippen molar-refractivity contribution in [2.45, 2.75) is 13.8 Å². The van der Waals surface area contributed by atoms with Crippen LogP contribution in [0, 0.1) is 10.1 Å². The van der Waals surface area contributed by atoms with Gasteiger partial charge >= 0.3 is 0 Å². The highest BCUT2D eigenvalue weighted by Crippen LogP contribution is 2.29. The minimum atomic E-state index is -0.585. The van der Waals surface area contributed by atoms with Crippen molar-refractivity contribution in [1.82, 2.24) is 4.90 Å². The first kappa shape index (κ1) is 12.6. The number of nitrogens with zero attached hydrogens (tertiary/aromatic N) is 2. The van der Waals surface area contributed by atoms with Gasteiger partial charge in [-0.2, -0.15) is 0 Å². The molecule has 1 saturated heterocycles. The Morgan fingerprint density at radius 1 is 1.62 bits per heavy atom. The lowest BCUT2D eigenvalue weighted by Crippen LogP contribution is -2.28. The molecule has 0 unspecified atom stereocenters. The summed E-state index contributed by atoms with van der Waals surface area (Å²) in [6.45, 7) is 3.32. The zero-order valence-electron chi connectivity index (χ0n) is 8.97. The van der Waals surface area contributed by atoms with E-state index in [1.165, 1.54) is 30.5 Å². The molecule has 0 atom stereocenters. The lowest BCUT2D eigenvalue weighted by atomic mass is 10.2. The van der Waals surface area contributed by atoms with Gasteiger partial charge in [-0.25, -0.2) is 0 Å². The van der Waals surface area contributed by atoms with Crippen molar-refractivity contribution in [3.8, 4) is 0 Å². The van der Waals surface area contributed by atoms with Gasteiger partial charge in [0.25, 0.3) is 12.1 Å². The molecule has 0 aromatic rings. The van der Waals surface area contributed by atoms with Gasteiger partial charge in [-0.1, -0.05) is 0 Å². The second-order valence-corrected chi connectivity index (χ2v) is 4.38. The van der Waals surface area contributed by atoms with Crippen molar-refractivity contribution in [3.63, 3.8) is 0 Å². The van der Waals surface area contributed by atoms with Gasteiger partial charge in [-0.3, -0.25) is 19.8 Å². The Balaban J connectivity index is 2.93. The van der Waals surface area contributed by atoms with E-state index in [-0.39, 0.29) is 11.3 Å². The number of carbonyl (C=O) groups excluding carboxylic acids is 1. The normalized spacial score (nSPS) is 19.9. The lowest BCUT2D eigenvalue weighted by molar-refractivity contribution is -0.403. The molecule has 0 saturated carbocycles. The van der Waals surface area contributed by atoms with Gasteiger partial charge in [0.2, 0.25) is 0 Å².